The summed E-state index contributed by atoms with van der Waals surface area (Å²) in [5, 5.41) is 3.57. The largest absolute Gasteiger partial charge is 0.355 e. The second kappa shape index (κ2) is 5.03. The molecule has 0 aliphatic carbocycles. The van der Waals surface area contributed by atoms with E-state index >= 15 is 0 Å². The van der Waals surface area contributed by atoms with Crippen molar-refractivity contribution in [3.05, 3.63) is 94.5 Å². The van der Waals surface area contributed by atoms with Crippen molar-refractivity contribution in [3.8, 4) is 0 Å². The van der Waals surface area contributed by atoms with Crippen molar-refractivity contribution in [2.75, 3.05) is 5.32 Å². The van der Waals surface area contributed by atoms with Crippen LogP contribution in [0.3, 0.4) is 0 Å². The Hall–Kier alpha value is -2.54. The Kier molecular flexibility index (Phi) is 3.00. The average molecular weight is 285 g/mol. The second-order valence-corrected chi connectivity index (χ2v) is 6.08. The zero-order chi connectivity index (χ0) is 15.1. The molecule has 0 radical (unpaired) electrons. The minimum Gasteiger partial charge on any atom is -0.355 e. The Morgan fingerprint density at radius 2 is 1.27 bits per heavy atom. The lowest BCUT2D eigenvalue weighted by Gasteiger charge is -2.30. The number of fused-ring (bicyclic) bond motifs is 2. The van der Waals surface area contributed by atoms with Gasteiger partial charge in [0.25, 0.3) is 0 Å². The van der Waals surface area contributed by atoms with Gasteiger partial charge in [0.2, 0.25) is 0 Å². The van der Waals surface area contributed by atoms with Gasteiger partial charge in [-0.05, 0) is 53.8 Å². The maximum absolute atomic E-state index is 3.57. The molecule has 22 heavy (non-hydrogen) atoms. The summed E-state index contributed by atoms with van der Waals surface area (Å²) >= 11 is 0. The number of anilines is 2. The summed E-state index contributed by atoms with van der Waals surface area (Å²) in [6.45, 7) is 4.36. The molecule has 0 saturated heterocycles. The standard InChI is InChI=1S/C21H19N/c1-14-11-12-16(13-15(14)2)21-17-7-3-5-9-19(17)22-20-10-6-4-8-18(20)21/h3-13,21-22H,1-2H3. The van der Waals surface area contributed by atoms with Gasteiger partial charge in [-0.1, -0.05) is 54.6 Å². The van der Waals surface area contributed by atoms with E-state index in [1.807, 2.05) is 0 Å². The van der Waals surface area contributed by atoms with Crippen molar-refractivity contribution < 1.29 is 0 Å². The quantitative estimate of drug-likeness (QED) is 0.484. The van der Waals surface area contributed by atoms with Crippen molar-refractivity contribution in [1.29, 1.82) is 0 Å². The third kappa shape index (κ3) is 2.01. The third-order valence-corrected chi connectivity index (χ3v) is 4.68. The van der Waals surface area contributed by atoms with Gasteiger partial charge in [-0.15, -0.1) is 0 Å². The Bertz CT molecular complexity index is 803. The molecule has 0 aromatic heterocycles. The van der Waals surface area contributed by atoms with Crippen LogP contribution in [0.25, 0.3) is 0 Å². The van der Waals surface area contributed by atoms with Crippen molar-refractivity contribution in [1.82, 2.24) is 0 Å². The molecule has 4 rings (SSSR count). The number of benzene rings is 3. The van der Waals surface area contributed by atoms with E-state index in [0.717, 1.165) is 0 Å². The zero-order valence-electron chi connectivity index (χ0n) is 12.9. The van der Waals surface area contributed by atoms with Crippen LogP contribution in [0.2, 0.25) is 0 Å². The average Bonchev–Trinajstić information content (AvgIpc) is 2.55. The molecule has 1 aliphatic heterocycles. The predicted molar refractivity (Wildman–Crippen MR) is 93.0 cm³/mol. The van der Waals surface area contributed by atoms with Gasteiger partial charge in [0.1, 0.15) is 0 Å². The Morgan fingerprint density at radius 3 is 1.86 bits per heavy atom. The molecule has 1 aliphatic rings. The Balaban J connectivity index is 1.96. The van der Waals surface area contributed by atoms with Gasteiger partial charge in [-0.2, -0.15) is 0 Å². The van der Waals surface area contributed by atoms with E-state index in [9.17, 15) is 0 Å². The highest BCUT2D eigenvalue weighted by molar-refractivity contribution is 5.75. The predicted octanol–water partition coefficient (Wildman–Crippen LogP) is 5.54. The van der Waals surface area contributed by atoms with E-state index in [4.69, 9.17) is 0 Å². The molecule has 0 atom stereocenters. The first-order valence-electron chi connectivity index (χ1n) is 7.76. The maximum Gasteiger partial charge on any atom is 0.0426 e. The van der Waals surface area contributed by atoms with Gasteiger partial charge in [-0.25, -0.2) is 0 Å². The summed E-state index contributed by atoms with van der Waals surface area (Å²) in [6.07, 6.45) is 0. The molecule has 0 saturated carbocycles. The molecule has 1 heterocycles. The van der Waals surface area contributed by atoms with Crippen molar-refractivity contribution >= 4 is 11.4 Å². The smallest absolute Gasteiger partial charge is 0.0426 e. The van der Waals surface area contributed by atoms with E-state index in [1.54, 1.807) is 0 Å². The van der Waals surface area contributed by atoms with Gasteiger partial charge in [0.15, 0.2) is 0 Å². The fourth-order valence-corrected chi connectivity index (χ4v) is 3.34. The fourth-order valence-electron chi connectivity index (χ4n) is 3.34. The number of hydrogen-bond acceptors (Lipinski definition) is 1. The monoisotopic (exact) mass is 285 g/mol. The van der Waals surface area contributed by atoms with Crippen molar-refractivity contribution in [2.45, 2.75) is 19.8 Å². The molecule has 1 nitrogen and oxygen atoms in total. The van der Waals surface area contributed by atoms with E-state index in [2.05, 4.69) is 85.9 Å². The molecule has 1 N–H and O–H groups in total. The van der Waals surface area contributed by atoms with E-state index < -0.39 is 0 Å². The highest BCUT2D eigenvalue weighted by Crippen LogP contribution is 2.44. The minimum absolute atomic E-state index is 0.299. The van der Waals surface area contributed by atoms with E-state index in [0.29, 0.717) is 5.92 Å². The SMILES string of the molecule is Cc1ccc(C2c3ccccc3Nc3ccccc32)cc1C. The third-order valence-electron chi connectivity index (χ3n) is 4.68. The summed E-state index contributed by atoms with van der Waals surface area (Å²) < 4.78 is 0. The normalized spacial score (nSPS) is 13.2. The summed E-state index contributed by atoms with van der Waals surface area (Å²) in [5.41, 5.74) is 9.19. The first-order valence-corrected chi connectivity index (χ1v) is 7.76. The summed E-state index contributed by atoms with van der Waals surface area (Å²) in [4.78, 5) is 0. The minimum atomic E-state index is 0.299. The number of aryl methyl sites for hydroxylation is 2. The van der Waals surface area contributed by atoms with Crippen LogP contribution in [0.4, 0.5) is 11.4 Å². The van der Waals surface area contributed by atoms with Crippen LogP contribution in [0.15, 0.2) is 66.7 Å². The van der Waals surface area contributed by atoms with Gasteiger partial charge in [0, 0.05) is 17.3 Å². The highest BCUT2D eigenvalue weighted by Gasteiger charge is 2.26. The maximum atomic E-state index is 3.57. The first kappa shape index (κ1) is 13.1. The van der Waals surface area contributed by atoms with Crippen LogP contribution in [-0.4, -0.2) is 0 Å². The molecular weight excluding hydrogens is 266 g/mol. The van der Waals surface area contributed by atoms with Crippen LogP contribution >= 0.6 is 0 Å². The van der Waals surface area contributed by atoms with E-state index in [-0.39, 0.29) is 0 Å². The van der Waals surface area contributed by atoms with Crippen LogP contribution in [0, 0.1) is 13.8 Å². The van der Waals surface area contributed by atoms with Crippen LogP contribution < -0.4 is 5.32 Å². The molecule has 0 spiro atoms. The topological polar surface area (TPSA) is 12.0 Å². The van der Waals surface area contributed by atoms with E-state index in [1.165, 1.54) is 39.2 Å². The Labute approximate surface area is 131 Å². The molecule has 0 unspecified atom stereocenters. The Morgan fingerprint density at radius 1 is 0.682 bits per heavy atom. The molecular formula is C21H19N. The number of para-hydroxylation sites is 2. The second-order valence-electron chi connectivity index (χ2n) is 6.08. The lowest BCUT2D eigenvalue weighted by atomic mass is 9.80. The van der Waals surface area contributed by atoms with Crippen LogP contribution in [0.5, 0.6) is 0 Å². The molecule has 0 fully saturated rings. The van der Waals surface area contributed by atoms with Crippen LogP contribution in [-0.2, 0) is 0 Å². The lowest BCUT2D eigenvalue weighted by molar-refractivity contribution is 0.960. The summed E-state index contributed by atoms with van der Waals surface area (Å²) in [5.74, 6) is 0.299. The number of hydrogen-bond donors (Lipinski definition) is 1. The molecule has 0 bridgehead atoms. The number of nitrogens with one attached hydrogen (secondary N) is 1. The van der Waals surface area contributed by atoms with Gasteiger partial charge >= 0.3 is 0 Å². The molecule has 0 amide bonds. The van der Waals surface area contributed by atoms with Gasteiger partial charge in [0.05, 0.1) is 0 Å². The number of rotatable bonds is 1. The molecule has 3 aromatic carbocycles. The van der Waals surface area contributed by atoms with Gasteiger partial charge in [-0.3, -0.25) is 0 Å². The first-order chi connectivity index (χ1) is 10.7. The highest BCUT2D eigenvalue weighted by atomic mass is 14.9. The summed E-state index contributed by atoms with van der Waals surface area (Å²) in [7, 11) is 0. The molecule has 108 valence electrons. The van der Waals surface area contributed by atoms with Crippen molar-refractivity contribution in [3.63, 3.8) is 0 Å². The lowest BCUT2D eigenvalue weighted by Crippen LogP contribution is -2.14. The fraction of sp³-hybridized carbons (Fsp3) is 0.143. The van der Waals surface area contributed by atoms with Crippen LogP contribution in [0.1, 0.15) is 33.7 Å². The zero-order valence-corrected chi connectivity index (χ0v) is 12.9. The molecule has 1 heteroatoms. The van der Waals surface area contributed by atoms with Crippen molar-refractivity contribution in [2.24, 2.45) is 0 Å². The van der Waals surface area contributed by atoms with Gasteiger partial charge < -0.3 is 5.32 Å². The molecule has 3 aromatic rings. The summed E-state index contributed by atoms with van der Waals surface area (Å²) in [6, 6.07) is 24.1.